The number of phenols is 1. The van der Waals surface area contributed by atoms with Gasteiger partial charge in [-0.1, -0.05) is 32.9 Å². The monoisotopic (exact) mass is 285 g/mol. The highest BCUT2D eigenvalue weighted by molar-refractivity contribution is 5.61. The van der Waals surface area contributed by atoms with Gasteiger partial charge in [0.25, 0.3) is 0 Å². The van der Waals surface area contributed by atoms with Gasteiger partial charge in [-0.25, -0.2) is 9.97 Å². The van der Waals surface area contributed by atoms with Crippen molar-refractivity contribution in [2.24, 2.45) is 0 Å². The van der Waals surface area contributed by atoms with Crippen molar-refractivity contribution in [2.45, 2.75) is 40.0 Å². The van der Waals surface area contributed by atoms with Gasteiger partial charge in [-0.05, 0) is 31.4 Å². The minimum Gasteiger partial charge on any atom is -0.508 e. The van der Waals surface area contributed by atoms with Crippen LogP contribution in [0.5, 0.6) is 5.75 Å². The number of anilines is 1. The fraction of sp³-hybridized carbons (Fsp3) is 0.412. The summed E-state index contributed by atoms with van der Waals surface area (Å²) in [6.07, 6.45) is 1.04. The maximum absolute atomic E-state index is 9.63. The maximum Gasteiger partial charge on any atom is 0.161 e. The predicted molar refractivity (Wildman–Crippen MR) is 86.7 cm³/mol. The van der Waals surface area contributed by atoms with Gasteiger partial charge in [0.1, 0.15) is 11.6 Å². The highest BCUT2D eigenvalue weighted by Gasteiger charge is 2.15. The van der Waals surface area contributed by atoms with Crippen LogP contribution < -0.4 is 5.32 Å². The van der Waals surface area contributed by atoms with Gasteiger partial charge >= 0.3 is 0 Å². The van der Waals surface area contributed by atoms with Gasteiger partial charge in [0.05, 0.1) is 0 Å². The second-order valence-corrected chi connectivity index (χ2v) is 5.53. The van der Waals surface area contributed by atoms with E-state index in [9.17, 15) is 5.11 Å². The number of hydrogen-bond donors (Lipinski definition) is 2. The Labute approximate surface area is 126 Å². The number of rotatable bonds is 5. The topological polar surface area (TPSA) is 58.0 Å². The number of aromatic nitrogens is 2. The minimum absolute atomic E-state index is 0.227. The van der Waals surface area contributed by atoms with E-state index in [-0.39, 0.29) is 5.75 Å². The lowest BCUT2D eigenvalue weighted by atomic mass is 10.0. The molecule has 0 saturated carbocycles. The van der Waals surface area contributed by atoms with E-state index in [1.54, 1.807) is 18.2 Å². The molecule has 0 amide bonds. The summed E-state index contributed by atoms with van der Waals surface area (Å²) < 4.78 is 0. The van der Waals surface area contributed by atoms with Crippen LogP contribution in [-0.4, -0.2) is 21.6 Å². The largest absolute Gasteiger partial charge is 0.508 e. The first-order valence-corrected chi connectivity index (χ1v) is 7.44. The fourth-order valence-electron chi connectivity index (χ4n) is 2.43. The molecule has 1 aromatic heterocycles. The molecular weight excluding hydrogens is 262 g/mol. The number of benzene rings is 1. The Morgan fingerprint density at radius 2 is 2.00 bits per heavy atom. The molecule has 0 unspecified atom stereocenters. The molecule has 0 aliphatic rings. The van der Waals surface area contributed by atoms with Crippen molar-refractivity contribution in [3.63, 3.8) is 0 Å². The van der Waals surface area contributed by atoms with Gasteiger partial charge in [0, 0.05) is 23.4 Å². The molecule has 0 bridgehead atoms. The number of phenolic OH excluding ortho intramolecular Hbond substituents is 1. The number of nitrogens with one attached hydrogen (secondary N) is 1. The van der Waals surface area contributed by atoms with Crippen molar-refractivity contribution >= 4 is 5.82 Å². The van der Waals surface area contributed by atoms with E-state index in [0.717, 1.165) is 35.6 Å². The summed E-state index contributed by atoms with van der Waals surface area (Å²) in [4.78, 5) is 9.28. The summed E-state index contributed by atoms with van der Waals surface area (Å²) in [7, 11) is 0. The Morgan fingerprint density at radius 1 is 1.24 bits per heavy atom. The smallest absolute Gasteiger partial charge is 0.161 e. The molecule has 2 aromatic rings. The third kappa shape index (κ3) is 3.51. The second-order valence-electron chi connectivity index (χ2n) is 5.53. The van der Waals surface area contributed by atoms with Crippen molar-refractivity contribution in [2.75, 3.05) is 11.9 Å². The average Bonchev–Trinajstić information content (AvgIpc) is 2.44. The highest BCUT2D eigenvalue weighted by atomic mass is 16.3. The normalized spacial score (nSPS) is 10.9. The van der Waals surface area contributed by atoms with E-state index in [1.807, 2.05) is 13.0 Å². The molecule has 0 saturated heterocycles. The van der Waals surface area contributed by atoms with Crippen LogP contribution in [0.15, 0.2) is 24.3 Å². The number of hydrogen-bond acceptors (Lipinski definition) is 4. The standard InChI is InChI=1S/C17H23N3O/c1-5-9-18-17-15(11(2)3)12(4)19-16(20-17)13-7-6-8-14(21)10-13/h6-8,10-11,21H,5,9H2,1-4H3,(H,18,19,20). The van der Waals surface area contributed by atoms with Crippen LogP contribution in [0.1, 0.15) is 44.4 Å². The fourth-order valence-corrected chi connectivity index (χ4v) is 2.43. The van der Waals surface area contributed by atoms with Crippen molar-refractivity contribution in [3.05, 3.63) is 35.5 Å². The third-order valence-corrected chi connectivity index (χ3v) is 3.36. The zero-order chi connectivity index (χ0) is 15.4. The quantitative estimate of drug-likeness (QED) is 0.868. The first-order valence-electron chi connectivity index (χ1n) is 7.44. The Morgan fingerprint density at radius 3 is 2.62 bits per heavy atom. The number of aromatic hydroxyl groups is 1. The third-order valence-electron chi connectivity index (χ3n) is 3.36. The summed E-state index contributed by atoms with van der Waals surface area (Å²) in [6.45, 7) is 9.33. The Hall–Kier alpha value is -2.10. The van der Waals surface area contributed by atoms with Crippen LogP contribution in [0.4, 0.5) is 5.82 Å². The van der Waals surface area contributed by atoms with E-state index in [0.29, 0.717) is 11.7 Å². The summed E-state index contributed by atoms with van der Waals surface area (Å²) in [6, 6.07) is 7.05. The van der Waals surface area contributed by atoms with E-state index in [1.165, 1.54) is 0 Å². The molecule has 0 fully saturated rings. The molecule has 112 valence electrons. The summed E-state index contributed by atoms with van der Waals surface area (Å²) in [5, 5.41) is 13.0. The summed E-state index contributed by atoms with van der Waals surface area (Å²) in [5.74, 6) is 2.14. The second kappa shape index (κ2) is 6.57. The number of aryl methyl sites for hydroxylation is 1. The zero-order valence-electron chi connectivity index (χ0n) is 13.1. The van der Waals surface area contributed by atoms with E-state index in [2.05, 4.69) is 36.1 Å². The van der Waals surface area contributed by atoms with Crippen molar-refractivity contribution in [1.82, 2.24) is 9.97 Å². The summed E-state index contributed by atoms with van der Waals surface area (Å²) in [5.41, 5.74) is 2.97. The van der Waals surface area contributed by atoms with E-state index < -0.39 is 0 Å². The lowest BCUT2D eigenvalue weighted by Crippen LogP contribution is -2.10. The molecule has 0 atom stereocenters. The van der Waals surface area contributed by atoms with Gasteiger partial charge in [-0.3, -0.25) is 0 Å². The molecule has 4 heteroatoms. The van der Waals surface area contributed by atoms with Crippen LogP contribution in [0.3, 0.4) is 0 Å². The Balaban J connectivity index is 2.51. The molecule has 2 N–H and O–H groups in total. The van der Waals surface area contributed by atoms with E-state index >= 15 is 0 Å². The SMILES string of the molecule is CCCNc1nc(-c2cccc(O)c2)nc(C)c1C(C)C. The average molecular weight is 285 g/mol. The van der Waals surface area contributed by atoms with Crippen molar-refractivity contribution < 1.29 is 5.11 Å². The molecule has 0 aliphatic carbocycles. The van der Waals surface area contributed by atoms with Crippen molar-refractivity contribution in [1.29, 1.82) is 0 Å². The minimum atomic E-state index is 0.227. The van der Waals surface area contributed by atoms with Crippen LogP contribution in [0, 0.1) is 6.92 Å². The predicted octanol–water partition coefficient (Wildman–Crippen LogP) is 4.10. The van der Waals surface area contributed by atoms with E-state index in [4.69, 9.17) is 0 Å². The van der Waals surface area contributed by atoms with Crippen LogP contribution >= 0.6 is 0 Å². The molecular formula is C17H23N3O. The summed E-state index contributed by atoms with van der Waals surface area (Å²) >= 11 is 0. The Kier molecular flexibility index (Phi) is 4.78. The first kappa shape index (κ1) is 15.3. The van der Waals surface area contributed by atoms with Gasteiger partial charge in [0.15, 0.2) is 5.82 Å². The number of nitrogens with zero attached hydrogens (tertiary/aromatic N) is 2. The first-order chi connectivity index (χ1) is 10.0. The molecule has 1 aromatic carbocycles. The molecule has 4 nitrogen and oxygen atoms in total. The van der Waals surface area contributed by atoms with Gasteiger partial charge < -0.3 is 10.4 Å². The maximum atomic E-state index is 9.63. The highest BCUT2D eigenvalue weighted by Crippen LogP contribution is 2.29. The molecule has 1 heterocycles. The Bertz CT molecular complexity index is 623. The molecule has 0 radical (unpaired) electrons. The molecule has 21 heavy (non-hydrogen) atoms. The van der Waals surface area contributed by atoms with Crippen LogP contribution in [0.25, 0.3) is 11.4 Å². The molecule has 0 spiro atoms. The van der Waals surface area contributed by atoms with Crippen molar-refractivity contribution in [3.8, 4) is 17.1 Å². The van der Waals surface area contributed by atoms with Crippen LogP contribution in [-0.2, 0) is 0 Å². The molecule has 0 aliphatic heterocycles. The van der Waals surface area contributed by atoms with Gasteiger partial charge in [-0.15, -0.1) is 0 Å². The van der Waals surface area contributed by atoms with Gasteiger partial charge in [-0.2, -0.15) is 0 Å². The lowest BCUT2D eigenvalue weighted by molar-refractivity contribution is 0.475. The van der Waals surface area contributed by atoms with Gasteiger partial charge in [0.2, 0.25) is 0 Å². The molecule has 2 rings (SSSR count). The van der Waals surface area contributed by atoms with Crippen LogP contribution in [0.2, 0.25) is 0 Å². The zero-order valence-corrected chi connectivity index (χ0v) is 13.1. The lowest BCUT2D eigenvalue weighted by Gasteiger charge is -2.17.